The molecule has 2 aliphatic rings. The van der Waals surface area contributed by atoms with E-state index in [2.05, 4.69) is 10.2 Å². The third-order valence-electron chi connectivity index (χ3n) is 6.63. The monoisotopic (exact) mass is 477 g/mol. The van der Waals surface area contributed by atoms with Gasteiger partial charge in [-0.2, -0.15) is 15.0 Å². The number of fused-ring (bicyclic) bond motifs is 1. The fourth-order valence-electron chi connectivity index (χ4n) is 4.76. The summed E-state index contributed by atoms with van der Waals surface area (Å²) in [5.74, 6) is 0.649. The van der Waals surface area contributed by atoms with Gasteiger partial charge in [0.05, 0.1) is 19.6 Å². The molecular weight excluding hydrogens is 446 g/mol. The van der Waals surface area contributed by atoms with E-state index in [9.17, 15) is 9.59 Å². The largest absolute Gasteiger partial charge is 0.490 e. The Kier molecular flexibility index (Phi) is 6.94. The van der Waals surface area contributed by atoms with Gasteiger partial charge in [0.25, 0.3) is 0 Å². The summed E-state index contributed by atoms with van der Waals surface area (Å²) in [6, 6.07) is 17.0. The Labute approximate surface area is 204 Å². The summed E-state index contributed by atoms with van der Waals surface area (Å²) < 4.78 is 12.3. The summed E-state index contributed by atoms with van der Waals surface area (Å²) in [6.45, 7) is 2.83. The average molecular weight is 478 g/mol. The minimum Gasteiger partial charge on any atom is -0.490 e. The standard InChI is InChI=1S/C26H31N5O4/c32-24(29-13-7-2-8-14-29)17-26(20-34-21-9-3-1-4-10-21)19-30(15-16-35-26)25(33)18-31-27-22-11-5-6-12-23(22)28-31/h1,3-6,9-12H,2,7-8,13-20H2. The lowest BCUT2D eigenvalue weighted by molar-refractivity contribution is -0.166. The Bertz CT molecular complexity index is 1130. The molecule has 5 rings (SSSR count). The summed E-state index contributed by atoms with van der Waals surface area (Å²) in [4.78, 5) is 31.5. The number of benzene rings is 2. The summed E-state index contributed by atoms with van der Waals surface area (Å²) in [7, 11) is 0. The van der Waals surface area contributed by atoms with E-state index < -0.39 is 5.60 Å². The molecule has 2 saturated heterocycles. The number of amides is 2. The minimum absolute atomic E-state index is 0.0321. The lowest BCUT2D eigenvalue weighted by Gasteiger charge is -2.43. The van der Waals surface area contributed by atoms with E-state index in [-0.39, 0.29) is 37.9 Å². The third-order valence-corrected chi connectivity index (χ3v) is 6.63. The van der Waals surface area contributed by atoms with Crippen LogP contribution in [0.5, 0.6) is 5.75 Å². The Hall–Kier alpha value is -3.46. The van der Waals surface area contributed by atoms with E-state index in [1.54, 1.807) is 4.90 Å². The van der Waals surface area contributed by atoms with Crippen LogP contribution in [0, 0.1) is 0 Å². The van der Waals surface area contributed by atoms with Crippen molar-refractivity contribution in [3.63, 3.8) is 0 Å². The molecule has 0 bridgehead atoms. The van der Waals surface area contributed by atoms with Gasteiger partial charge in [0, 0.05) is 19.6 Å². The highest BCUT2D eigenvalue weighted by Gasteiger charge is 2.42. The van der Waals surface area contributed by atoms with Crippen molar-refractivity contribution in [1.82, 2.24) is 24.8 Å². The van der Waals surface area contributed by atoms with Crippen molar-refractivity contribution >= 4 is 22.8 Å². The number of rotatable bonds is 7. The molecule has 2 fully saturated rings. The lowest BCUT2D eigenvalue weighted by Crippen LogP contribution is -2.59. The minimum atomic E-state index is -0.916. The molecule has 3 heterocycles. The van der Waals surface area contributed by atoms with Gasteiger partial charge in [-0.3, -0.25) is 9.59 Å². The summed E-state index contributed by atoms with van der Waals surface area (Å²) in [6.07, 6.45) is 3.38. The Morgan fingerprint density at radius 2 is 1.54 bits per heavy atom. The second kappa shape index (κ2) is 10.4. The number of carbonyl (C=O) groups excluding carboxylic acids is 2. The van der Waals surface area contributed by atoms with Crippen LogP contribution < -0.4 is 4.74 Å². The molecule has 9 heteroatoms. The van der Waals surface area contributed by atoms with Gasteiger partial charge in [0.2, 0.25) is 11.8 Å². The number of morpholine rings is 1. The number of hydrogen-bond acceptors (Lipinski definition) is 6. The maximum Gasteiger partial charge on any atom is 0.246 e. The number of carbonyl (C=O) groups is 2. The van der Waals surface area contributed by atoms with Crippen LogP contribution in [0.25, 0.3) is 11.0 Å². The molecule has 1 aromatic heterocycles. The zero-order valence-electron chi connectivity index (χ0n) is 19.8. The van der Waals surface area contributed by atoms with Crippen molar-refractivity contribution in [3.05, 3.63) is 54.6 Å². The maximum absolute atomic E-state index is 13.2. The van der Waals surface area contributed by atoms with Gasteiger partial charge in [-0.15, -0.1) is 0 Å². The van der Waals surface area contributed by atoms with Crippen LogP contribution in [0.3, 0.4) is 0 Å². The van der Waals surface area contributed by atoms with Gasteiger partial charge in [-0.1, -0.05) is 30.3 Å². The molecule has 0 saturated carbocycles. The molecule has 2 amide bonds. The number of hydrogen-bond donors (Lipinski definition) is 0. The van der Waals surface area contributed by atoms with Crippen LogP contribution in [0.2, 0.25) is 0 Å². The first kappa shape index (κ1) is 23.3. The molecule has 0 spiro atoms. The zero-order valence-corrected chi connectivity index (χ0v) is 19.8. The molecular formula is C26H31N5O4. The first-order chi connectivity index (χ1) is 17.1. The Balaban J connectivity index is 1.31. The number of likely N-dealkylation sites (tertiary alicyclic amines) is 1. The number of para-hydroxylation sites is 1. The number of nitrogens with zero attached hydrogens (tertiary/aromatic N) is 5. The van der Waals surface area contributed by atoms with Crippen LogP contribution in [0.1, 0.15) is 25.7 Å². The predicted molar refractivity (Wildman–Crippen MR) is 130 cm³/mol. The molecule has 0 N–H and O–H groups in total. The summed E-state index contributed by atoms with van der Waals surface area (Å²) in [5, 5.41) is 8.82. The van der Waals surface area contributed by atoms with E-state index >= 15 is 0 Å². The smallest absolute Gasteiger partial charge is 0.246 e. The van der Waals surface area contributed by atoms with Crippen LogP contribution >= 0.6 is 0 Å². The highest BCUT2D eigenvalue weighted by molar-refractivity contribution is 5.79. The Morgan fingerprint density at radius 3 is 2.26 bits per heavy atom. The fraction of sp³-hybridized carbons (Fsp3) is 0.462. The fourth-order valence-corrected chi connectivity index (χ4v) is 4.76. The van der Waals surface area contributed by atoms with Gasteiger partial charge in [0.1, 0.15) is 35.5 Å². The van der Waals surface area contributed by atoms with Crippen molar-refractivity contribution in [3.8, 4) is 5.75 Å². The van der Waals surface area contributed by atoms with Crippen LogP contribution in [0.15, 0.2) is 54.6 Å². The van der Waals surface area contributed by atoms with Crippen molar-refractivity contribution in [2.75, 3.05) is 39.4 Å². The highest BCUT2D eigenvalue weighted by Crippen LogP contribution is 2.26. The van der Waals surface area contributed by atoms with E-state index in [4.69, 9.17) is 9.47 Å². The van der Waals surface area contributed by atoms with Gasteiger partial charge in [-0.05, 0) is 43.5 Å². The Morgan fingerprint density at radius 1 is 0.857 bits per heavy atom. The lowest BCUT2D eigenvalue weighted by atomic mass is 9.96. The van der Waals surface area contributed by atoms with Crippen LogP contribution in [-0.4, -0.2) is 81.6 Å². The molecule has 9 nitrogen and oxygen atoms in total. The van der Waals surface area contributed by atoms with Crippen LogP contribution in [-0.2, 0) is 20.9 Å². The molecule has 35 heavy (non-hydrogen) atoms. The van der Waals surface area contributed by atoms with E-state index in [1.165, 1.54) is 4.80 Å². The second-order valence-electron chi connectivity index (χ2n) is 9.29. The number of aromatic nitrogens is 3. The molecule has 3 aromatic rings. The molecule has 184 valence electrons. The molecule has 0 aliphatic carbocycles. The molecule has 2 aromatic carbocycles. The highest BCUT2D eigenvalue weighted by atomic mass is 16.5. The van der Waals surface area contributed by atoms with Crippen molar-refractivity contribution in [2.45, 2.75) is 37.8 Å². The first-order valence-corrected chi connectivity index (χ1v) is 12.3. The maximum atomic E-state index is 13.2. The number of piperidine rings is 1. The quantitative estimate of drug-likeness (QED) is 0.520. The van der Waals surface area contributed by atoms with Gasteiger partial charge in [-0.25, -0.2) is 0 Å². The van der Waals surface area contributed by atoms with Gasteiger partial charge in [0.15, 0.2) is 0 Å². The molecule has 1 atom stereocenters. The van der Waals surface area contributed by atoms with Gasteiger partial charge >= 0.3 is 0 Å². The van der Waals surface area contributed by atoms with E-state index in [0.29, 0.717) is 18.9 Å². The van der Waals surface area contributed by atoms with Crippen molar-refractivity contribution in [2.24, 2.45) is 0 Å². The van der Waals surface area contributed by atoms with Crippen molar-refractivity contribution < 1.29 is 19.1 Å². The topological polar surface area (TPSA) is 89.8 Å². The number of ether oxygens (including phenoxy) is 2. The SMILES string of the molecule is O=C(CC1(COc2ccccc2)CN(C(=O)Cn2nc3ccccc3n2)CCO1)N1CCCCC1. The molecule has 2 aliphatic heterocycles. The molecule has 0 radical (unpaired) electrons. The predicted octanol–water partition coefficient (Wildman–Crippen LogP) is 2.51. The molecule has 1 unspecified atom stereocenters. The summed E-state index contributed by atoms with van der Waals surface area (Å²) in [5.41, 5.74) is 0.584. The second-order valence-corrected chi connectivity index (χ2v) is 9.29. The zero-order chi connectivity index (χ0) is 24.1. The van der Waals surface area contributed by atoms with Crippen molar-refractivity contribution in [1.29, 1.82) is 0 Å². The van der Waals surface area contributed by atoms with Gasteiger partial charge < -0.3 is 19.3 Å². The third kappa shape index (κ3) is 5.62. The normalized spacial score (nSPS) is 20.7. The summed E-state index contributed by atoms with van der Waals surface area (Å²) >= 11 is 0. The van der Waals surface area contributed by atoms with Crippen LogP contribution in [0.4, 0.5) is 0 Å². The average Bonchev–Trinajstić information content (AvgIpc) is 3.31. The van der Waals surface area contributed by atoms with E-state index in [0.717, 1.165) is 43.4 Å². The first-order valence-electron chi connectivity index (χ1n) is 12.3. The van der Waals surface area contributed by atoms with E-state index in [1.807, 2.05) is 59.5 Å².